The lowest BCUT2D eigenvalue weighted by Crippen LogP contribution is -2.67. The molecule has 7 nitrogen and oxygen atoms in total. The maximum atomic E-state index is 13.8. The van der Waals surface area contributed by atoms with Gasteiger partial charge in [0.2, 0.25) is 0 Å². The van der Waals surface area contributed by atoms with Crippen LogP contribution in [0.3, 0.4) is 0 Å². The third-order valence-corrected chi connectivity index (χ3v) is 8.88. The number of benzene rings is 3. The predicted octanol–water partition coefficient (Wildman–Crippen LogP) is 7.03. The molecule has 0 unspecified atom stereocenters. The zero-order valence-electron chi connectivity index (χ0n) is 19.9. The van der Waals surface area contributed by atoms with E-state index in [9.17, 15) is 14.4 Å². The quantitative estimate of drug-likeness (QED) is 0.134. The van der Waals surface area contributed by atoms with Crippen LogP contribution in [0.4, 0.5) is 5.69 Å². The van der Waals surface area contributed by atoms with Crippen molar-refractivity contribution in [3.8, 4) is 11.5 Å². The van der Waals surface area contributed by atoms with E-state index in [0.717, 1.165) is 10.5 Å². The first-order valence-corrected chi connectivity index (χ1v) is 13.0. The molecule has 0 N–H and O–H groups in total. The lowest BCUT2D eigenvalue weighted by Gasteiger charge is -2.50. The van der Waals surface area contributed by atoms with Gasteiger partial charge in [-0.2, -0.15) is 0 Å². The smallest absolute Gasteiger partial charge is 0.264 e. The monoisotopic (exact) mass is 612 g/mol. The summed E-state index contributed by atoms with van der Waals surface area (Å²) < 4.78 is 11.0. The topological polar surface area (TPSA) is 76.1 Å². The van der Waals surface area contributed by atoms with E-state index in [4.69, 9.17) is 67.5 Å². The van der Waals surface area contributed by atoms with Crippen LogP contribution in [0.5, 0.6) is 11.5 Å². The lowest BCUT2D eigenvalue weighted by molar-refractivity contribution is -0.130. The first-order valence-electron chi connectivity index (χ1n) is 11.1. The van der Waals surface area contributed by atoms with Gasteiger partial charge in [0.15, 0.2) is 0 Å². The summed E-state index contributed by atoms with van der Waals surface area (Å²) in [6, 6.07) is 8.04. The van der Waals surface area contributed by atoms with E-state index in [-0.39, 0.29) is 31.2 Å². The number of β-lactam (4-membered cyclic amide) rings is 1. The highest BCUT2D eigenvalue weighted by atomic mass is 35.5. The van der Waals surface area contributed by atoms with E-state index in [2.05, 4.69) is 0 Å². The fraction of sp³-hybridized carbons (Fsp3) is 0.192. The second kappa shape index (κ2) is 9.81. The number of fused-ring (bicyclic) bond motifs is 1. The molecule has 38 heavy (non-hydrogen) atoms. The third kappa shape index (κ3) is 3.83. The summed E-state index contributed by atoms with van der Waals surface area (Å²) in [5.74, 6) is -1.27. The van der Waals surface area contributed by atoms with E-state index in [1.807, 2.05) is 6.92 Å². The summed E-state index contributed by atoms with van der Waals surface area (Å²) in [6.45, 7) is 1.83. The molecular formula is C26H17Cl5N2O5. The Hall–Kier alpha value is -2.68. The number of amides is 3. The molecule has 2 heterocycles. The first kappa shape index (κ1) is 26.9. The highest BCUT2D eigenvalue weighted by Gasteiger charge is 2.59. The largest absolute Gasteiger partial charge is 0.497 e. The Kier molecular flexibility index (Phi) is 6.95. The molecule has 1 saturated heterocycles. The molecular weight excluding hydrogens is 598 g/mol. The SMILES string of the molecule is COc1ccc(OC)c([C@H]2[C@@H](N3C(=O)c4c(Cl)c(Cl)c(Cl)c(Cl)c4C3=O)C(=O)N2c2ccc(C)c(Cl)c2)c1. The van der Waals surface area contributed by atoms with Crippen molar-refractivity contribution >= 4 is 81.4 Å². The standard InChI is InChI=1S/C26H17Cl5N2O5/c1-10-4-5-11(8-14(10)27)32-22(13-9-12(37-2)6-7-15(13)38-3)23(26(32)36)33-24(34)16-17(25(33)35)19(29)21(31)20(30)18(16)28/h4-9,22-23H,1-3H3/t22-,23+/m0/s1. The molecule has 0 radical (unpaired) electrons. The van der Waals surface area contributed by atoms with Gasteiger partial charge in [0.1, 0.15) is 17.5 Å². The molecule has 0 saturated carbocycles. The minimum Gasteiger partial charge on any atom is -0.497 e. The number of carbonyl (C=O) groups excluding carboxylic acids is 3. The maximum absolute atomic E-state index is 13.8. The fourth-order valence-electron chi connectivity index (χ4n) is 4.74. The van der Waals surface area contributed by atoms with Crippen LogP contribution < -0.4 is 14.4 Å². The molecule has 3 amide bonds. The zero-order valence-corrected chi connectivity index (χ0v) is 23.7. The van der Waals surface area contributed by atoms with Gasteiger partial charge in [0, 0.05) is 16.3 Å². The van der Waals surface area contributed by atoms with E-state index in [0.29, 0.717) is 27.8 Å². The van der Waals surface area contributed by atoms with Crippen LogP contribution in [-0.4, -0.2) is 42.9 Å². The lowest BCUT2D eigenvalue weighted by atomic mass is 9.85. The van der Waals surface area contributed by atoms with Gasteiger partial charge in [-0.1, -0.05) is 64.1 Å². The molecule has 0 aromatic heterocycles. The number of halogens is 5. The summed E-state index contributed by atoms with van der Waals surface area (Å²) in [7, 11) is 2.97. The summed E-state index contributed by atoms with van der Waals surface area (Å²) in [5, 5.41) is -0.328. The highest BCUT2D eigenvalue weighted by molar-refractivity contribution is 6.55. The van der Waals surface area contributed by atoms with Gasteiger partial charge in [0.05, 0.1) is 51.5 Å². The van der Waals surface area contributed by atoms with Gasteiger partial charge in [-0.15, -0.1) is 0 Å². The molecule has 0 bridgehead atoms. The van der Waals surface area contributed by atoms with Crippen molar-refractivity contribution in [2.75, 3.05) is 19.1 Å². The van der Waals surface area contributed by atoms with Crippen LogP contribution in [0.25, 0.3) is 0 Å². The van der Waals surface area contributed by atoms with Crippen molar-refractivity contribution in [3.63, 3.8) is 0 Å². The van der Waals surface area contributed by atoms with Crippen molar-refractivity contribution in [2.24, 2.45) is 0 Å². The van der Waals surface area contributed by atoms with Gasteiger partial charge in [-0.25, -0.2) is 0 Å². The van der Waals surface area contributed by atoms with Crippen LogP contribution in [0.15, 0.2) is 36.4 Å². The van der Waals surface area contributed by atoms with Crippen molar-refractivity contribution < 1.29 is 23.9 Å². The number of ether oxygens (including phenoxy) is 2. The Morgan fingerprint density at radius 1 is 0.711 bits per heavy atom. The molecule has 3 aromatic carbocycles. The molecule has 1 fully saturated rings. The second-order valence-electron chi connectivity index (χ2n) is 8.63. The number of hydrogen-bond acceptors (Lipinski definition) is 5. The van der Waals surface area contributed by atoms with E-state index >= 15 is 0 Å². The summed E-state index contributed by atoms with van der Waals surface area (Å²) in [6.07, 6.45) is 0. The molecule has 2 aliphatic rings. The van der Waals surface area contributed by atoms with E-state index < -0.39 is 29.8 Å². The molecule has 0 aliphatic carbocycles. The van der Waals surface area contributed by atoms with Gasteiger partial charge < -0.3 is 14.4 Å². The predicted molar refractivity (Wildman–Crippen MR) is 147 cm³/mol. The van der Waals surface area contributed by atoms with Gasteiger partial charge in [0.25, 0.3) is 17.7 Å². The van der Waals surface area contributed by atoms with Gasteiger partial charge in [-0.05, 0) is 42.8 Å². The Balaban J connectivity index is 1.69. The van der Waals surface area contributed by atoms with Crippen molar-refractivity contribution in [1.82, 2.24) is 4.90 Å². The van der Waals surface area contributed by atoms with Crippen molar-refractivity contribution in [3.05, 3.63) is 83.8 Å². The third-order valence-electron chi connectivity index (χ3n) is 6.67. The Labute approximate surface area is 242 Å². The Morgan fingerprint density at radius 3 is 1.84 bits per heavy atom. The number of carbonyl (C=O) groups is 3. The number of nitrogens with zero attached hydrogens (tertiary/aromatic N) is 2. The summed E-state index contributed by atoms with van der Waals surface area (Å²) in [5.41, 5.74) is 1.36. The maximum Gasteiger partial charge on any atom is 0.264 e. The van der Waals surface area contributed by atoms with E-state index in [1.165, 1.54) is 19.1 Å². The first-order chi connectivity index (χ1) is 18.0. The summed E-state index contributed by atoms with van der Waals surface area (Å²) in [4.78, 5) is 43.3. The molecule has 2 aliphatic heterocycles. The molecule has 196 valence electrons. The van der Waals surface area contributed by atoms with Crippen LogP contribution in [0.2, 0.25) is 25.1 Å². The van der Waals surface area contributed by atoms with Crippen molar-refractivity contribution in [2.45, 2.75) is 19.0 Å². The van der Waals surface area contributed by atoms with Crippen LogP contribution in [-0.2, 0) is 4.79 Å². The second-order valence-corrected chi connectivity index (χ2v) is 10.5. The van der Waals surface area contributed by atoms with Crippen molar-refractivity contribution in [1.29, 1.82) is 0 Å². The van der Waals surface area contributed by atoms with Crippen LogP contribution in [0, 0.1) is 6.92 Å². The number of rotatable bonds is 5. The Morgan fingerprint density at radius 2 is 1.32 bits per heavy atom. The number of anilines is 1. The molecule has 0 spiro atoms. The molecule has 5 rings (SSSR count). The summed E-state index contributed by atoms with van der Waals surface area (Å²) >= 11 is 31.3. The molecule has 12 heteroatoms. The minimum atomic E-state index is -1.27. The molecule has 2 atom stereocenters. The number of hydrogen-bond donors (Lipinski definition) is 0. The van der Waals surface area contributed by atoms with Gasteiger partial charge >= 0.3 is 0 Å². The van der Waals surface area contributed by atoms with Crippen LogP contribution in [0.1, 0.15) is 37.9 Å². The van der Waals surface area contributed by atoms with Gasteiger partial charge in [-0.3, -0.25) is 19.3 Å². The number of aryl methyl sites for hydroxylation is 1. The fourth-order valence-corrected chi connectivity index (χ4v) is 5.93. The minimum absolute atomic E-state index is 0.165. The average molecular weight is 615 g/mol. The van der Waals surface area contributed by atoms with E-state index in [1.54, 1.807) is 36.4 Å². The zero-order chi connectivity index (χ0) is 27.6. The Bertz CT molecular complexity index is 1510. The average Bonchev–Trinajstić information content (AvgIpc) is 3.16. The normalized spacial score (nSPS) is 18.6. The number of methoxy groups -OCH3 is 2. The van der Waals surface area contributed by atoms with Crippen LogP contribution >= 0.6 is 58.0 Å². The number of imide groups is 1. The highest BCUT2D eigenvalue weighted by Crippen LogP contribution is 2.51. The molecule has 3 aromatic rings.